The van der Waals surface area contributed by atoms with E-state index in [0.717, 1.165) is 6.54 Å². The largest absolute Gasteiger partial charge is 0.444 e. The maximum Gasteiger partial charge on any atom is 0.410 e. The predicted octanol–water partition coefficient (Wildman–Crippen LogP) is 1.95. The lowest BCUT2D eigenvalue weighted by atomic mass is 9.86. The Kier molecular flexibility index (Phi) is 6.78. The average Bonchev–Trinajstić information content (AvgIpc) is 2.30. The number of guanidine groups is 1. The zero-order valence-electron chi connectivity index (χ0n) is 13.8. The van der Waals surface area contributed by atoms with Gasteiger partial charge in [0.15, 0.2) is 5.96 Å². The number of hydrogen-bond acceptors (Lipinski definition) is 3. The van der Waals surface area contributed by atoms with Gasteiger partial charge < -0.3 is 20.7 Å². The van der Waals surface area contributed by atoms with Gasteiger partial charge in [0.2, 0.25) is 0 Å². The summed E-state index contributed by atoms with van der Waals surface area (Å²) in [5.41, 5.74) is 5.34. The number of carbonyl (C=O) groups is 1. The number of aliphatic imine (C=N–C) groups is 1. The Labute approximate surface area is 128 Å². The summed E-state index contributed by atoms with van der Waals surface area (Å²) in [6.07, 6.45) is 3.55. The van der Waals surface area contributed by atoms with Crippen molar-refractivity contribution < 1.29 is 9.53 Å². The Morgan fingerprint density at radius 2 is 2.10 bits per heavy atom. The van der Waals surface area contributed by atoms with Crippen LogP contribution in [0.4, 0.5) is 4.79 Å². The van der Waals surface area contributed by atoms with Crippen LogP contribution in [-0.4, -0.2) is 48.7 Å². The lowest BCUT2D eigenvalue weighted by molar-refractivity contribution is 0.0264. The summed E-state index contributed by atoms with van der Waals surface area (Å²) in [6.45, 7) is 10.1. The standard InChI is InChI=1S/C15H30N4O2/c1-5-19(14(20)21-15(2,3)4)10-9-17-13(16)18-11-12-7-6-8-12/h12H,5-11H2,1-4H3,(H3,16,17,18). The van der Waals surface area contributed by atoms with Gasteiger partial charge in [0, 0.05) is 26.2 Å². The summed E-state index contributed by atoms with van der Waals surface area (Å²) < 4.78 is 5.35. The number of amides is 1. The van der Waals surface area contributed by atoms with E-state index in [0.29, 0.717) is 31.5 Å². The minimum Gasteiger partial charge on any atom is -0.444 e. The van der Waals surface area contributed by atoms with Crippen LogP contribution in [0, 0.1) is 5.92 Å². The Morgan fingerprint density at radius 1 is 1.43 bits per heavy atom. The van der Waals surface area contributed by atoms with E-state index < -0.39 is 5.60 Å². The fraction of sp³-hybridized carbons (Fsp3) is 0.867. The van der Waals surface area contributed by atoms with Crippen LogP contribution in [-0.2, 0) is 4.74 Å². The van der Waals surface area contributed by atoms with Gasteiger partial charge in [0.05, 0.1) is 0 Å². The Morgan fingerprint density at radius 3 is 2.57 bits per heavy atom. The minimum atomic E-state index is -0.471. The van der Waals surface area contributed by atoms with Gasteiger partial charge in [-0.1, -0.05) is 6.42 Å². The lowest BCUT2D eigenvalue weighted by Crippen LogP contribution is -2.43. The smallest absolute Gasteiger partial charge is 0.410 e. The Bertz CT molecular complexity index is 359. The van der Waals surface area contributed by atoms with Gasteiger partial charge in [0.1, 0.15) is 5.60 Å². The highest BCUT2D eigenvalue weighted by Gasteiger charge is 2.20. The summed E-state index contributed by atoms with van der Waals surface area (Å²) >= 11 is 0. The molecule has 1 aliphatic carbocycles. The molecule has 6 nitrogen and oxygen atoms in total. The van der Waals surface area contributed by atoms with E-state index in [9.17, 15) is 4.79 Å². The van der Waals surface area contributed by atoms with E-state index in [1.807, 2.05) is 27.7 Å². The molecule has 122 valence electrons. The molecule has 0 radical (unpaired) electrons. The van der Waals surface area contributed by atoms with Crippen molar-refractivity contribution in [2.24, 2.45) is 16.6 Å². The molecule has 0 aromatic rings. The molecule has 0 aromatic carbocycles. The first-order valence-corrected chi connectivity index (χ1v) is 7.83. The summed E-state index contributed by atoms with van der Waals surface area (Å²) in [5, 5.41) is 3.05. The zero-order valence-corrected chi connectivity index (χ0v) is 13.8. The van der Waals surface area contributed by atoms with Crippen molar-refractivity contribution in [2.75, 3.05) is 26.2 Å². The number of nitrogens with one attached hydrogen (secondary N) is 1. The molecule has 1 rings (SSSR count). The van der Waals surface area contributed by atoms with E-state index in [-0.39, 0.29) is 6.09 Å². The third-order valence-electron chi connectivity index (χ3n) is 3.47. The molecule has 3 N–H and O–H groups in total. The molecule has 0 aliphatic heterocycles. The van der Waals surface area contributed by atoms with Crippen LogP contribution in [0.2, 0.25) is 0 Å². The van der Waals surface area contributed by atoms with Crippen LogP contribution in [0.15, 0.2) is 4.99 Å². The number of hydrogen-bond donors (Lipinski definition) is 2. The van der Waals surface area contributed by atoms with E-state index >= 15 is 0 Å². The monoisotopic (exact) mass is 298 g/mol. The van der Waals surface area contributed by atoms with E-state index in [1.54, 1.807) is 4.90 Å². The van der Waals surface area contributed by atoms with Gasteiger partial charge in [-0.05, 0) is 46.5 Å². The summed E-state index contributed by atoms with van der Waals surface area (Å²) in [7, 11) is 0. The van der Waals surface area contributed by atoms with Crippen molar-refractivity contribution >= 4 is 12.1 Å². The first-order valence-electron chi connectivity index (χ1n) is 7.83. The molecular weight excluding hydrogens is 268 g/mol. The normalized spacial score (nSPS) is 16.3. The van der Waals surface area contributed by atoms with Gasteiger partial charge in [0.25, 0.3) is 0 Å². The summed E-state index contributed by atoms with van der Waals surface area (Å²) in [5.74, 6) is 1.17. The zero-order chi connectivity index (χ0) is 15.9. The molecular formula is C15H30N4O2. The van der Waals surface area contributed by atoms with Crippen LogP contribution >= 0.6 is 0 Å². The molecule has 0 aromatic heterocycles. The number of nitrogens with zero attached hydrogens (tertiary/aromatic N) is 2. The topological polar surface area (TPSA) is 80.0 Å². The fourth-order valence-electron chi connectivity index (χ4n) is 1.98. The molecule has 0 saturated heterocycles. The fourth-order valence-corrected chi connectivity index (χ4v) is 1.98. The Balaban J connectivity index is 2.25. The van der Waals surface area contributed by atoms with E-state index in [4.69, 9.17) is 10.5 Å². The lowest BCUT2D eigenvalue weighted by Gasteiger charge is -2.26. The van der Waals surface area contributed by atoms with Crippen LogP contribution in [0.5, 0.6) is 0 Å². The number of nitrogens with two attached hydrogens (primary N) is 1. The molecule has 21 heavy (non-hydrogen) atoms. The van der Waals surface area contributed by atoms with Crippen molar-refractivity contribution in [3.8, 4) is 0 Å². The summed E-state index contributed by atoms with van der Waals surface area (Å²) in [6, 6.07) is 0. The maximum atomic E-state index is 11.9. The molecule has 1 fully saturated rings. The van der Waals surface area contributed by atoms with Gasteiger partial charge >= 0.3 is 6.09 Å². The van der Waals surface area contributed by atoms with Crippen LogP contribution in [0.3, 0.4) is 0 Å². The molecule has 1 saturated carbocycles. The molecule has 0 unspecified atom stereocenters. The molecule has 0 heterocycles. The van der Waals surface area contributed by atoms with Gasteiger partial charge in [-0.2, -0.15) is 0 Å². The average molecular weight is 298 g/mol. The van der Waals surface area contributed by atoms with Crippen molar-refractivity contribution in [2.45, 2.75) is 52.6 Å². The molecule has 1 amide bonds. The van der Waals surface area contributed by atoms with E-state index in [1.165, 1.54) is 19.3 Å². The van der Waals surface area contributed by atoms with Crippen molar-refractivity contribution in [3.63, 3.8) is 0 Å². The molecule has 0 bridgehead atoms. The van der Waals surface area contributed by atoms with Crippen molar-refractivity contribution in [1.82, 2.24) is 10.2 Å². The second-order valence-electron chi connectivity index (χ2n) is 6.51. The second-order valence-corrected chi connectivity index (χ2v) is 6.51. The van der Waals surface area contributed by atoms with Gasteiger partial charge in [-0.15, -0.1) is 0 Å². The van der Waals surface area contributed by atoms with Crippen molar-refractivity contribution in [3.05, 3.63) is 0 Å². The quantitative estimate of drug-likeness (QED) is 0.580. The molecule has 0 atom stereocenters. The maximum absolute atomic E-state index is 11.9. The number of ether oxygens (including phenoxy) is 1. The first-order chi connectivity index (χ1) is 9.81. The highest BCUT2D eigenvalue weighted by atomic mass is 16.6. The summed E-state index contributed by atoms with van der Waals surface area (Å²) in [4.78, 5) is 17.9. The van der Waals surface area contributed by atoms with Crippen LogP contribution in [0.1, 0.15) is 47.0 Å². The number of carbonyl (C=O) groups excluding carboxylic acids is 1. The van der Waals surface area contributed by atoms with Gasteiger partial charge in [-0.25, -0.2) is 4.79 Å². The Hall–Kier alpha value is -1.46. The highest BCUT2D eigenvalue weighted by Crippen LogP contribution is 2.26. The highest BCUT2D eigenvalue weighted by molar-refractivity contribution is 5.77. The van der Waals surface area contributed by atoms with Crippen molar-refractivity contribution in [1.29, 1.82) is 0 Å². The molecule has 0 spiro atoms. The number of likely N-dealkylation sites (N-methyl/N-ethyl adjacent to an activating group) is 1. The van der Waals surface area contributed by atoms with Gasteiger partial charge in [-0.3, -0.25) is 4.99 Å². The first kappa shape index (κ1) is 17.6. The van der Waals surface area contributed by atoms with Crippen LogP contribution < -0.4 is 11.1 Å². The number of rotatable bonds is 6. The van der Waals surface area contributed by atoms with Crippen LogP contribution in [0.25, 0.3) is 0 Å². The second kappa shape index (κ2) is 8.10. The minimum absolute atomic E-state index is 0.295. The predicted molar refractivity (Wildman–Crippen MR) is 85.3 cm³/mol. The SMILES string of the molecule is CCN(CCNC(N)=NCC1CCC1)C(=O)OC(C)(C)C. The van der Waals surface area contributed by atoms with E-state index in [2.05, 4.69) is 10.3 Å². The third kappa shape index (κ3) is 7.20. The molecule has 1 aliphatic rings. The molecule has 6 heteroatoms. The third-order valence-corrected chi connectivity index (χ3v) is 3.47.